The second kappa shape index (κ2) is 16.2. The summed E-state index contributed by atoms with van der Waals surface area (Å²) in [6.45, 7) is 11.3. The van der Waals surface area contributed by atoms with E-state index in [2.05, 4.69) is 191 Å². The number of nitrogens with zero attached hydrogens (tertiary/aromatic N) is 3. The van der Waals surface area contributed by atoms with Gasteiger partial charge in [0, 0.05) is 54.7 Å². The van der Waals surface area contributed by atoms with E-state index in [4.69, 9.17) is 14.4 Å². The van der Waals surface area contributed by atoms with Gasteiger partial charge in [0.2, 0.25) is 0 Å². The van der Waals surface area contributed by atoms with Crippen LogP contribution in [0.15, 0.2) is 187 Å². The summed E-state index contributed by atoms with van der Waals surface area (Å²) in [5, 5.41) is 15.8. The summed E-state index contributed by atoms with van der Waals surface area (Å²) in [7, 11) is 0. The summed E-state index contributed by atoms with van der Waals surface area (Å²) in [6.07, 6.45) is 1.95. The fourth-order valence-corrected chi connectivity index (χ4v) is 9.27. The number of pyridine rings is 1. The van der Waals surface area contributed by atoms with E-state index in [9.17, 15) is 5.11 Å². The third kappa shape index (κ3) is 7.25. The first-order valence-electron chi connectivity index (χ1n) is 21.9. The molecule has 320 valence electrons. The van der Waals surface area contributed by atoms with Gasteiger partial charge in [-0.15, -0.1) is 29.3 Å². The van der Waals surface area contributed by atoms with E-state index in [-0.39, 0.29) is 37.6 Å². The molecule has 0 aliphatic heterocycles. The van der Waals surface area contributed by atoms with Crippen LogP contribution in [0.3, 0.4) is 0 Å². The van der Waals surface area contributed by atoms with Gasteiger partial charge < -0.3 is 9.52 Å². The second-order valence-corrected chi connectivity index (χ2v) is 18.3. The average molecular weight is 1020 g/mol. The second-order valence-electron chi connectivity index (χ2n) is 18.3. The summed E-state index contributed by atoms with van der Waals surface area (Å²) < 4.78 is 8.76. The van der Waals surface area contributed by atoms with E-state index in [0.717, 1.165) is 88.5 Å². The van der Waals surface area contributed by atoms with Gasteiger partial charge in [-0.05, 0) is 75.3 Å². The number of benzene rings is 8. The third-order valence-electron chi connectivity index (χ3n) is 12.9. The van der Waals surface area contributed by atoms with Crippen LogP contribution in [0.2, 0.25) is 0 Å². The zero-order chi connectivity index (χ0) is 43.7. The monoisotopic (exact) mass is 1020 g/mol. The van der Waals surface area contributed by atoms with Gasteiger partial charge in [-0.25, -0.2) is 4.98 Å². The van der Waals surface area contributed by atoms with Gasteiger partial charge >= 0.3 is 0 Å². The molecule has 3 aromatic heterocycles. The van der Waals surface area contributed by atoms with E-state index in [1.807, 2.05) is 30.5 Å². The maximum atomic E-state index is 11.5. The first-order chi connectivity index (χ1) is 31.0. The molecule has 0 saturated heterocycles. The van der Waals surface area contributed by atoms with Gasteiger partial charge in [0.25, 0.3) is 0 Å². The molecule has 0 saturated carbocycles. The Kier molecular flexibility index (Phi) is 10.4. The number of furan rings is 1. The molecular formula is C59H46N3O2Pt-. The van der Waals surface area contributed by atoms with Crippen LogP contribution in [0.4, 0.5) is 0 Å². The number of para-hydroxylation sites is 2. The Morgan fingerprint density at radius 2 is 1.28 bits per heavy atom. The van der Waals surface area contributed by atoms with Crippen LogP contribution in [0.1, 0.15) is 51.3 Å². The fraction of sp³-hybridized carbons (Fsp3) is 0.119. The van der Waals surface area contributed by atoms with Crippen LogP contribution in [0.5, 0.6) is 5.75 Å². The molecule has 0 spiro atoms. The molecular weight excluding hydrogens is 978 g/mol. The molecule has 5 nitrogen and oxygen atoms in total. The van der Waals surface area contributed by atoms with Crippen molar-refractivity contribution in [2.45, 2.75) is 45.4 Å². The van der Waals surface area contributed by atoms with Crippen LogP contribution < -0.4 is 0 Å². The van der Waals surface area contributed by atoms with E-state index < -0.39 is 0 Å². The molecule has 8 aromatic carbocycles. The van der Waals surface area contributed by atoms with Crippen LogP contribution in [-0.4, -0.2) is 19.6 Å². The molecule has 0 fully saturated rings. The summed E-state index contributed by atoms with van der Waals surface area (Å²) in [5.41, 5.74) is 13.6. The molecule has 6 heteroatoms. The van der Waals surface area contributed by atoms with Gasteiger partial charge in [0.15, 0.2) is 0 Å². The first-order valence-corrected chi connectivity index (χ1v) is 21.9. The minimum Gasteiger partial charge on any atom is -0.507 e. The van der Waals surface area contributed by atoms with Crippen molar-refractivity contribution in [1.29, 1.82) is 0 Å². The number of imidazole rings is 1. The number of phenols is 1. The van der Waals surface area contributed by atoms with Crippen molar-refractivity contribution in [2.24, 2.45) is 0 Å². The molecule has 0 radical (unpaired) electrons. The fourth-order valence-electron chi connectivity index (χ4n) is 9.27. The standard InChI is InChI=1S/C59H46N3O2.Pt/c1-58(2,3)42-28-29-50(47(34-42)37-17-8-6-9-18-37)62-51-25-16-24-45(56(51)61-57(62)46-23-14-15-26-52(46)63)39-31-40(33-43(32-39)59(4,5)41-20-10-7-11-21-41)49-35-54-48(36-60-49)55-44-22-13-12-19-38(44)27-30-53(55)64-54;/h6-30,32-36,63H,1-5H3;/q-1;. The van der Waals surface area contributed by atoms with Gasteiger partial charge in [0.05, 0.1) is 22.3 Å². The number of phenolic OH excluding ortho intramolecular Hbond substituents is 1. The molecule has 65 heavy (non-hydrogen) atoms. The summed E-state index contributed by atoms with van der Waals surface area (Å²) in [6, 6.07) is 64.6. The predicted octanol–water partition coefficient (Wildman–Crippen LogP) is 15.3. The smallest absolute Gasteiger partial charge is 0.148 e. The molecule has 0 unspecified atom stereocenters. The minimum absolute atomic E-state index is 0. The zero-order valence-electron chi connectivity index (χ0n) is 36.8. The normalized spacial score (nSPS) is 12.0. The Labute approximate surface area is 393 Å². The quantitative estimate of drug-likeness (QED) is 0.162. The van der Waals surface area contributed by atoms with Crippen molar-refractivity contribution in [1.82, 2.24) is 14.5 Å². The largest absolute Gasteiger partial charge is 0.507 e. The van der Waals surface area contributed by atoms with Crippen molar-refractivity contribution < 1.29 is 30.6 Å². The Morgan fingerprint density at radius 1 is 0.569 bits per heavy atom. The van der Waals surface area contributed by atoms with Crippen molar-refractivity contribution in [3.63, 3.8) is 0 Å². The molecule has 11 aromatic rings. The first kappa shape index (κ1) is 41.9. The Morgan fingerprint density at radius 3 is 2.06 bits per heavy atom. The van der Waals surface area contributed by atoms with Gasteiger partial charge in [-0.3, -0.25) is 9.55 Å². The zero-order valence-corrected chi connectivity index (χ0v) is 39.1. The molecule has 0 aliphatic carbocycles. The van der Waals surface area contributed by atoms with Gasteiger partial charge in [0.1, 0.15) is 22.7 Å². The number of hydrogen-bond donors (Lipinski definition) is 1. The van der Waals surface area contributed by atoms with Crippen LogP contribution in [-0.2, 0) is 31.9 Å². The van der Waals surface area contributed by atoms with E-state index in [1.165, 1.54) is 11.1 Å². The molecule has 0 amide bonds. The Hall–Kier alpha value is -7.07. The van der Waals surface area contributed by atoms with Crippen LogP contribution in [0, 0.1) is 6.07 Å². The van der Waals surface area contributed by atoms with Crippen molar-refractivity contribution in [2.75, 3.05) is 0 Å². The van der Waals surface area contributed by atoms with Crippen molar-refractivity contribution >= 4 is 43.7 Å². The van der Waals surface area contributed by atoms with Crippen LogP contribution >= 0.6 is 0 Å². The predicted molar refractivity (Wildman–Crippen MR) is 263 cm³/mol. The molecule has 1 N–H and O–H groups in total. The van der Waals surface area contributed by atoms with Crippen molar-refractivity contribution in [3.05, 3.63) is 205 Å². The third-order valence-corrected chi connectivity index (χ3v) is 12.9. The SMILES string of the molecule is CC(C)(C)c1ccc(-n2c(-c3ccccc3O)nc3c(-c4[c-]c(-c5cc6oc7ccc8ccccc8c7c6cn5)cc(C(C)(C)c5ccccc5)c4)cccc32)c(-c2ccccc2)c1.[Pt]. The Bertz CT molecular complexity index is 3580. The van der Waals surface area contributed by atoms with Crippen LogP contribution in [0.25, 0.3) is 94.3 Å². The number of fused-ring (bicyclic) bond motifs is 6. The van der Waals surface area contributed by atoms with Crippen molar-refractivity contribution in [3.8, 4) is 56.3 Å². The number of aromatic hydroxyl groups is 1. The van der Waals surface area contributed by atoms with E-state index in [1.54, 1.807) is 6.07 Å². The summed E-state index contributed by atoms with van der Waals surface area (Å²) in [5.74, 6) is 0.806. The van der Waals surface area contributed by atoms with E-state index >= 15 is 0 Å². The topological polar surface area (TPSA) is 64.1 Å². The van der Waals surface area contributed by atoms with E-state index in [0.29, 0.717) is 11.4 Å². The molecule has 0 aliphatic rings. The Balaban J connectivity index is 0.00000498. The number of rotatable bonds is 7. The van der Waals surface area contributed by atoms with Gasteiger partial charge in [-0.1, -0.05) is 167 Å². The summed E-state index contributed by atoms with van der Waals surface area (Å²) >= 11 is 0. The number of aromatic nitrogens is 3. The minimum atomic E-state index is -0.379. The maximum absolute atomic E-state index is 11.5. The van der Waals surface area contributed by atoms with Gasteiger partial charge in [-0.2, -0.15) is 0 Å². The average Bonchev–Trinajstić information content (AvgIpc) is 3.90. The maximum Gasteiger partial charge on any atom is 0.148 e. The molecule has 3 heterocycles. The molecule has 0 atom stereocenters. The molecule has 0 bridgehead atoms. The number of hydrogen-bond acceptors (Lipinski definition) is 4. The summed E-state index contributed by atoms with van der Waals surface area (Å²) in [4.78, 5) is 10.6. The molecule has 11 rings (SSSR count).